The highest BCUT2D eigenvalue weighted by Gasteiger charge is 1.99. The molecule has 1 N–H and O–H groups in total. The maximum Gasteiger partial charge on any atom is 0.118 e. The van der Waals surface area contributed by atoms with Gasteiger partial charge in [-0.2, -0.15) is 0 Å². The lowest BCUT2D eigenvalue weighted by atomic mass is 10.0. The van der Waals surface area contributed by atoms with Crippen molar-refractivity contribution < 1.29 is 5.11 Å². The number of aryl methyl sites for hydroxylation is 1. The van der Waals surface area contributed by atoms with E-state index in [0.717, 1.165) is 17.9 Å². The summed E-state index contributed by atoms with van der Waals surface area (Å²) in [7, 11) is 0. The van der Waals surface area contributed by atoms with Gasteiger partial charge in [0.25, 0.3) is 0 Å². The summed E-state index contributed by atoms with van der Waals surface area (Å²) in [6, 6.07) is 7.70. The zero-order chi connectivity index (χ0) is 13.9. The van der Waals surface area contributed by atoms with Crippen LogP contribution in [0.5, 0.6) is 5.75 Å². The summed E-state index contributed by atoms with van der Waals surface area (Å²) in [5, 5.41) is 9.66. The van der Waals surface area contributed by atoms with Gasteiger partial charge in [0, 0.05) is 0 Å². The molecule has 1 rings (SSSR count). The minimum absolute atomic E-state index is 0.455. The van der Waals surface area contributed by atoms with E-state index in [4.69, 9.17) is 0 Å². The average molecular weight is 262 g/mol. The van der Waals surface area contributed by atoms with E-state index in [1.165, 1.54) is 51.4 Å². The van der Waals surface area contributed by atoms with Crippen molar-refractivity contribution in [1.82, 2.24) is 0 Å². The fraction of sp³-hybridized carbons (Fsp3) is 0.667. The van der Waals surface area contributed by atoms with Gasteiger partial charge >= 0.3 is 0 Å². The fourth-order valence-electron chi connectivity index (χ4n) is 2.47. The predicted molar refractivity (Wildman–Crippen MR) is 83.6 cm³/mol. The van der Waals surface area contributed by atoms with Crippen LogP contribution in [-0.2, 0) is 6.42 Å². The van der Waals surface area contributed by atoms with E-state index in [0.29, 0.717) is 5.75 Å². The van der Waals surface area contributed by atoms with E-state index < -0.39 is 0 Å². The predicted octanol–water partition coefficient (Wildman–Crippen LogP) is 5.71. The third-order valence-electron chi connectivity index (χ3n) is 3.72. The number of aromatic hydroxyl groups is 1. The topological polar surface area (TPSA) is 20.2 Å². The maximum atomic E-state index is 9.66. The first-order valence-electron chi connectivity index (χ1n) is 7.97. The van der Waals surface area contributed by atoms with Crippen LogP contribution in [0.25, 0.3) is 0 Å². The van der Waals surface area contributed by atoms with Crippen LogP contribution in [0.2, 0.25) is 0 Å². The summed E-state index contributed by atoms with van der Waals surface area (Å²) in [5.74, 6) is 1.31. The summed E-state index contributed by atoms with van der Waals surface area (Å²) in [5.41, 5.74) is 1.10. The second-order valence-corrected chi connectivity index (χ2v) is 6.04. The van der Waals surface area contributed by atoms with Gasteiger partial charge in [-0.05, 0) is 30.4 Å². The van der Waals surface area contributed by atoms with Gasteiger partial charge in [0.15, 0.2) is 0 Å². The van der Waals surface area contributed by atoms with Crippen molar-refractivity contribution >= 4 is 0 Å². The monoisotopic (exact) mass is 262 g/mol. The lowest BCUT2D eigenvalue weighted by Crippen LogP contribution is -1.88. The van der Waals surface area contributed by atoms with Crippen molar-refractivity contribution in [2.24, 2.45) is 5.92 Å². The van der Waals surface area contributed by atoms with Crippen LogP contribution in [0.1, 0.15) is 70.8 Å². The molecule has 0 unspecified atom stereocenters. The molecular weight excluding hydrogens is 232 g/mol. The minimum atomic E-state index is 0.455. The highest BCUT2D eigenvalue weighted by atomic mass is 16.3. The SMILES string of the molecule is CC(C)CCCCCCCCCc1ccccc1O. The Labute approximate surface area is 119 Å². The fourth-order valence-corrected chi connectivity index (χ4v) is 2.47. The molecule has 19 heavy (non-hydrogen) atoms. The third kappa shape index (κ3) is 7.92. The van der Waals surface area contributed by atoms with E-state index in [1.54, 1.807) is 6.07 Å². The first-order valence-corrected chi connectivity index (χ1v) is 7.97. The molecule has 0 aromatic heterocycles. The Kier molecular flexibility index (Phi) is 8.36. The van der Waals surface area contributed by atoms with Crippen LogP contribution < -0.4 is 0 Å². The minimum Gasteiger partial charge on any atom is -0.508 e. The highest BCUT2D eigenvalue weighted by Crippen LogP contribution is 2.19. The normalized spacial score (nSPS) is 11.1. The van der Waals surface area contributed by atoms with E-state index in [2.05, 4.69) is 13.8 Å². The summed E-state index contributed by atoms with van der Waals surface area (Å²) in [4.78, 5) is 0. The van der Waals surface area contributed by atoms with Gasteiger partial charge in [-0.15, -0.1) is 0 Å². The highest BCUT2D eigenvalue weighted by molar-refractivity contribution is 5.31. The first kappa shape index (κ1) is 16.1. The number of hydrogen-bond donors (Lipinski definition) is 1. The summed E-state index contributed by atoms with van der Waals surface area (Å²) < 4.78 is 0. The average Bonchev–Trinajstić information content (AvgIpc) is 2.38. The molecule has 0 amide bonds. The van der Waals surface area contributed by atoms with Gasteiger partial charge in [0.2, 0.25) is 0 Å². The number of unbranched alkanes of at least 4 members (excludes halogenated alkanes) is 6. The van der Waals surface area contributed by atoms with E-state index >= 15 is 0 Å². The van der Waals surface area contributed by atoms with Crippen molar-refractivity contribution in [2.75, 3.05) is 0 Å². The molecular formula is C18H30O. The summed E-state index contributed by atoms with van der Waals surface area (Å²) in [6.45, 7) is 4.61. The molecule has 1 aromatic rings. The van der Waals surface area contributed by atoms with Crippen molar-refractivity contribution in [2.45, 2.75) is 71.6 Å². The zero-order valence-corrected chi connectivity index (χ0v) is 12.7. The molecule has 0 saturated carbocycles. The number of benzene rings is 1. The molecule has 0 radical (unpaired) electrons. The van der Waals surface area contributed by atoms with Crippen molar-refractivity contribution in [3.63, 3.8) is 0 Å². The zero-order valence-electron chi connectivity index (χ0n) is 12.7. The second-order valence-electron chi connectivity index (χ2n) is 6.04. The summed E-state index contributed by atoms with van der Waals surface area (Å²) in [6.07, 6.45) is 11.8. The number of para-hydroxylation sites is 1. The van der Waals surface area contributed by atoms with Crippen LogP contribution in [-0.4, -0.2) is 5.11 Å². The Morgan fingerprint density at radius 2 is 1.42 bits per heavy atom. The molecule has 0 heterocycles. The van der Waals surface area contributed by atoms with E-state index in [1.807, 2.05) is 18.2 Å². The van der Waals surface area contributed by atoms with Crippen LogP contribution in [0, 0.1) is 5.92 Å². The largest absolute Gasteiger partial charge is 0.508 e. The van der Waals surface area contributed by atoms with E-state index in [-0.39, 0.29) is 0 Å². The maximum absolute atomic E-state index is 9.66. The molecule has 1 heteroatoms. The van der Waals surface area contributed by atoms with Crippen molar-refractivity contribution in [1.29, 1.82) is 0 Å². The molecule has 0 fully saturated rings. The van der Waals surface area contributed by atoms with Gasteiger partial charge in [0.1, 0.15) is 5.75 Å². The van der Waals surface area contributed by atoms with E-state index in [9.17, 15) is 5.11 Å². The van der Waals surface area contributed by atoms with Gasteiger partial charge < -0.3 is 5.11 Å². The smallest absolute Gasteiger partial charge is 0.118 e. The lowest BCUT2D eigenvalue weighted by Gasteiger charge is -2.05. The Morgan fingerprint density at radius 1 is 0.842 bits per heavy atom. The molecule has 108 valence electrons. The molecule has 0 aliphatic heterocycles. The number of phenolic OH excluding ortho intramolecular Hbond substituents is 1. The molecule has 1 nitrogen and oxygen atoms in total. The van der Waals surface area contributed by atoms with Crippen LogP contribution in [0.15, 0.2) is 24.3 Å². The molecule has 0 bridgehead atoms. The lowest BCUT2D eigenvalue weighted by molar-refractivity contribution is 0.465. The number of hydrogen-bond acceptors (Lipinski definition) is 1. The molecule has 0 aliphatic carbocycles. The third-order valence-corrected chi connectivity index (χ3v) is 3.72. The molecule has 0 spiro atoms. The molecule has 0 atom stereocenters. The van der Waals surface area contributed by atoms with Crippen LogP contribution in [0.3, 0.4) is 0 Å². The quantitative estimate of drug-likeness (QED) is 0.535. The first-order chi connectivity index (χ1) is 9.20. The number of phenols is 1. The molecule has 0 aliphatic rings. The van der Waals surface area contributed by atoms with Gasteiger partial charge in [-0.3, -0.25) is 0 Å². The summed E-state index contributed by atoms with van der Waals surface area (Å²) >= 11 is 0. The van der Waals surface area contributed by atoms with Crippen LogP contribution in [0.4, 0.5) is 0 Å². The molecule has 1 aromatic carbocycles. The second kappa shape index (κ2) is 9.89. The Balaban J connectivity index is 1.93. The van der Waals surface area contributed by atoms with Crippen molar-refractivity contribution in [3.05, 3.63) is 29.8 Å². The Morgan fingerprint density at radius 3 is 2.05 bits per heavy atom. The standard InChI is InChI=1S/C18H30O/c1-16(2)12-8-6-4-3-5-7-9-13-17-14-10-11-15-18(17)19/h10-11,14-16,19H,3-9,12-13H2,1-2H3. The number of rotatable bonds is 10. The Bertz CT molecular complexity index is 330. The van der Waals surface area contributed by atoms with Gasteiger partial charge in [-0.1, -0.05) is 77.0 Å². The Hall–Kier alpha value is -0.980. The van der Waals surface area contributed by atoms with Crippen LogP contribution >= 0.6 is 0 Å². The van der Waals surface area contributed by atoms with Gasteiger partial charge in [0.05, 0.1) is 0 Å². The molecule has 0 saturated heterocycles. The van der Waals surface area contributed by atoms with Gasteiger partial charge in [-0.25, -0.2) is 0 Å². The van der Waals surface area contributed by atoms with Crippen molar-refractivity contribution in [3.8, 4) is 5.75 Å².